The highest BCUT2D eigenvalue weighted by Crippen LogP contribution is 2.35. The number of aromatic nitrogens is 5. The molecule has 3 aromatic heterocycles. The number of benzene rings is 2. The van der Waals surface area contributed by atoms with Crippen molar-refractivity contribution in [1.82, 2.24) is 29.6 Å². The Balaban J connectivity index is 1.42. The van der Waals surface area contributed by atoms with Crippen molar-refractivity contribution in [2.75, 3.05) is 7.05 Å². The molecule has 0 unspecified atom stereocenters. The molecule has 1 N–H and O–H groups in total. The fourth-order valence-electron chi connectivity index (χ4n) is 4.45. The number of aromatic amines is 1. The first-order chi connectivity index (χ1) is 18.6. The highest BCUT2D eigenvalue weighted by Gasteiger charge is 2.36. The highest BCUT2D eigenvalue weighted by atomic mass is 19.4. The van der Waals surface area contributed by atoms with Crippen LogP contribution in [0.15, 0.2) is 84.3 Å². The number of rotatable bonds is 6. The molecule has 0 radical (unpaired) electrons. The van der Waals surface area contributed by atoms with Gasteiger partial charge in [0.05, 0.1) is 29.5 Å². The molecule has 0 spiro atoms. The van der Waals surface area contributed by atoms with E-state index in [2.05, 4.69) is 15.1 Å². The molecule has 0 aliphatic rings. The summed E-state index contributed by atoms with van der Waals surface area (Å²) in [5.41, 5.74) is 1.21. The van der Waals surface area contributed by atoms with E-state index in [0.29, 0.717) is 12.1 Å². The van der Waals surface area contributed by atoms with Crippen LogP contribution in [0.4, 0.5) is 13.2 Å². The lowest BCUT2D eigenvalue weighted by Gasteiger charge is -2.20. The second-order valence-corrected chi connectivity index (χ2v) is 9.16. The van der Waals surface area contributed by atoms with E-state index in [1.807, 2.05) is 30.2 Å². The molecule has 2 aromatic carbocycles. The van der Waals surface area contributed by atoms with E-state index in [1.54, 1.807) is 42.5 Å². The van der Waals surface area contributed by atoms with E-state index in [0.717, 1.165) is 17.3 Å². The van der Waals surface area contributed by atoms with Crippen molar-refractivity contribution in [3.05, 3.63) is 112 Å². The van der Waals surface area contributed by atoms with Crippen molar-refractivity contribution in [3.8, 4) is 11.1 Å². The van der Waals surface area contributed by atoms with Crippen LogP contribution in [0.2, 0.25) is 0 Å². The summed E-state index contributed by atoms with van der Waals surface area (Å²) in [5.74, 6) is -0.171. The normalized spacial score (nSPS) is 12.4. The number of hydrogen-bond acceptors (Lipinski definition) is 5. The van der Waals surface area contributed by atoms with Gasteiger partial charge in [0.1, 0.15) is 5.69 Å². The fourth-order valence-corrected chi connectivity index (χ4v) is 4.45. The number of nitrogens with zero attached hydrogens (tertiary/aromatic N) is 5. The fraction of sp³-hybridized carbons (Fsp3) is 0.179. The van der Waals surface area contributed by atoms with Crippen molar-refractivity contribution in [1.29, 1.82) is 0 Å². The predicted octanol–water partition coefficient (Wildman–Crippen LogP) is 5.08. The van der Waals surface area contributed by atoms with Gasteiger partial charge in [-0.25, -0.2) is 4.98 Å². The van der Waals surface area contributed by atoms with Gasteiger partial charge in [-0.15, -0.1) is 0 Å². The second-order valence-electron chi connectivity index (χ2n) is 9.16. The van der Waals surface area contributed by atoms with Gasteiger partial charge in [0.15, 0.2) is 0 Å². The maximum Gasteiger partial charge on any atom is 0.433 e. The number of halogens is 3. The average Bonchev–Trinajstić information content (AvgIpc) is 3.44. The first-order valence-electron chi connectivity index (χ1n) is 12.0. The number of pyridine rings is 1. The van der Waals surface area contributed by atoms with Crippen LogP contribution in [-0.4, -0.2) is 42.6 Å². The van der Waals surface area contributed by atoms with Gasteiger partial charge in [-0.2, -0.15) is 18.3 Å². The van der Waals surface area contributed by atoms with Gasteiger partial charge in [-0.05, 0) is 60.0 Å². The average molecular weight is 533 g/mol. The van der Waals surface area contributed by atoms with Crippen molar-refractivity contribution >= 4 is 16.8 Å². The molecular formula is C28H23F3N6O2. The maximum absolute atomic E-state index is 13.3. The first kappa shape index (κ1) is 25.8. The molecule has 0 saturated carbocycles. The third-order valence-corrected chi connectivity index (χ3v) is 6.57. The zero-order valence-corrected chi connectivity index (χ0v) is 21.0. The van der Waals surface area contributed by atoms with Crippen molar-refractivity contribution < 1.29 is 18.0 Å². The molecule has 1 amide bonds. The Morgan fingerprint density at radius 3 is 2.62 bits per heavy atom. The quantitative estimate of drug-likeness (QED) is 0.329. The molecule has 39 heavy (non-hydrogen) atoms. The Morgan fingerprint density at radius 2 is 1.87 bits per heavy atom. The van der Waals surface area contributed by atoms with E-state index in [-0.39, 0.29) is 33.5 Å². The van der Waals surface area contributed by atoms with Crippen LogP contribution in [0.1, 0.15) is 40.1 Å². The Labute approximate surface area is 220 Å². The summed E-state index contributed by atoms with van der Waals surface area (Å²) in [7, 11) is 1.71. The number of alkyl halides is 3. The molecule has 5 aromatic rings. The smallest absolute Gasteiger partial charge is 0.337 e. The van der Waals surface area contributed by atoms with Crippen LogP contribution < -0.4 is 5.56 Å². The largest absolute Gasteiger partial charge is 0.433 e. The molecular weight excluding hydrogens is 509 g/mol. The number of nitrogens with one attached hydrogen (secondary N) is 1. The molecule has 198 valence electrons. The Kier molecular flexibility index (Phi) is 6.73. The number of amides is 1. The van der Waals surface area contributed by atoms with Gasteiger partial charge >= 0.3 is 6.18 Å². The zero-order valence-electron chi connectivity index (χ0n) is 21.0. The minimum atomic E-state index is -4.60. The van der Waals surface area contributed by atoms with Gasteiger partial charge in [0.2, 0.25) is 0 Å². The summed E-state index contributed by atoms with van der Waals surface area (Å²) >= 11 is 0. The summed E-state index contributed by atoms with van der Waals surface area (Å²) in [6.07, 6.45) is 1.20. The van der Waals surface area contributed by atoms with E-state index >= 15 is 0 Å². The number of carbonyl (C=O) groups excluding carboxylic acids is 1. The van der Waals surface area contributed by atoms with Crippen LogP contribution in [0, 0.1) is 0 Å². The molecule has 0 saturated heterocycles. The van der Waals surface area contributed by atoms with Crippen LogP contribution in [0.5, 0.6) is 0 Å². The van der Waals surface area contributed by atoms with Crippen LogP contribution in [0.25, 0.3) is 22.0 Å². The molecule has 0 fully saturated rings. The topological polar surface area (TPSA) is 96.8 Å². The number of fused-ring (bicyclic) bond motifs is 1. The van der Waals surface area contributed by atoms with Crippen molar-refractivity contribution in [3.63, 3.8) is 0 Å². The van der Waals surface area contributed by atoms with Gasteiger partial charge in [-0.1, -0.05) is 18.2 Å². The summed E-state index contributed by atoms with van der Waals surface area (Å²) in [6.45, 7) is 2.23. The van der Waals surface area contributed by atoms with Gasteiger partial charge in [0.25, 0.3) is 11.5 Å². The zero-order chi connectivity index (χ0) is 27.7. The SMILES string of the molecule is C[C@H](c1cccc(C(=O)N(C)Cc2ccncc2)c1)n1cnc2cc(-c3cn[nH]c3C(F)(F)F)ccc2c1=O. The Morgan fingerprint density at radius 1 is 1.10 bits per heavy atom. The molecule has 0 bridgehead atoms. The Bertz CT molecular complexity index is 1710. The molecule has 0 aliphatic heterocycles. The third-order valence-electron chi connectivity index (χ3n) is 6.57. The van der Waals surface area contributed by atoms with Gasteiger partial charge < -0.3 is 4.90 Å². The monoisotopic (exact) mass is 532 g/mol. The summed E-state index contributed by atoms with van der Waals surface area (Å²) < 4.78 is 41.3. The molecule has 11 heteroatoms. The summed E-state index contributed by atoms with van der Waals surface area (Å²) in [4.78, 5) is 36.4. The Hall–Kier alpha value is -4.80. The molecule has 3 heterocycles. The van der Waals surface area contributed by atoms with Crippen LogP contribution >= 0.6 is 0 Å². The standard InChI is InChI=1S/C28H23F3N6O2/c1-17(19-4-3-5-21(12-19)26(38)36(2)15-18-8-10-32-11-9-18)37-16-33-24-13-20(6-7-22(24)27(37)39)23-14-34-35-25(23)28(29,30)31/h3-14,16-17H,15H2,1-2H3,(H,34,35)/t17-/m1/s1. The van der Waals surface area contributed by atoms with E-state index in [9.17, 15) is 22.8 Å². The number of carbonyl (C=O) groups is 1. The lowest BCUT2D eigenvalue weighted by atomic mass is 10.0. The van der Waals surface area contributed by atoms with Crippen molar-refractivity contribution in [2.24, 2.45) is 0 Å². The lowest BCUT2D eigenvalue weighted by molar-refractivity contribution is -0.140. The number of hydrogen-bond donors (Lipinski definition) is 1. The first-order valence-corrected chi connectivity index (χ1v) is 12.0. The number of H-pyrrole nitrogens is 1. The minimum absolute atomic E-state index is 0.126. The molecule has 1 atom stereocenters. The summed E-state index contributed by atoms with van der Waals surface area (Å²) in [6, 6.07) is 14.6. The molecule has 8 nitrogen and oxygen atoms in total. The maximum atomic E-state index is 13.3. The van der Waals surface area contributed by atoms with Crippen molar-refractivity contribution in [2.45, 2.75) is 25.7 Å². The third kappa shape index (κ3) is 5.15. The van der Waals surface area contributed by atoms with Gasteiger partial charge in [0, 0.05) is 37.1 Å². The van der Waals surface area contributed by atoms with E-state index < -0.39 is 17.9 Å². The second kappa shape index (κ2) is 10.2. The summed E-state index contributed by atoms with van der Waals surface area (Å²) in [5, 5.41) is 5.77. The minimum Gasteiger partial charge on any atom is -0.337 e. The molecule has 5 rings (SSSR count). The lowest BCUT2D eigenvalue weighted by Crippen LogP contribution is -2.27. The molecule has 0 aliphatic carbocycles. The van der Waals surface area contributed by atoms with E-state index in [1.165, 1.54) is 29.1 Å². The van der Waals surface area contributed by atoms with Gasteiger partial charge in [-0.3, -0.25) is 24.2 Å². The van der Waals surface area contributed by atoms with Crippen LogP contribution in [-0.2, 0) is 12.7 Å². The highest BCUT2D eigenvalue weighted by molar-refractivity contribution is 5.94. The van der Waals surface area contributed by atoms with Crippen LogP contribution in [0.3, 0.4) is 0 Å². The van der Waals surface area contributed by atoms with E-state index in [4.69, 9.17) is 0 Å². The predicted molar refractivity (Wildman–Crippen MR) is 139 cm³/mol.